The van der Waals surface area contributed by atoms with Crippen LogP contribution in [0.25, 0.3) is 5.69 Å². The number of hydrogen-bond acceptors (Lipinski definition) is 2. The molecule has 2 aromatic rings. The molecule has 3 nitrogen and oxygen atoms in total. The van der Waals surface area contributed by atoms with Crippen molar-refractivity contribution in [2.45, 2.75) is 19.8 Å². The van der Waals surface area contributed by atoms with Crippen LogP contribution in [0.2, 0.25) is 5.15 Å². The number of aromatic hydroxyl groups is 1. The highest BCUT2D eigenvalue weighted by Crippen LogP contribution is 2.19. The van der Waals surface area contributed by atoms with E-state index in [1.165, 1.54) is 0 Å². The molecule has 1 aromatic carbocycles. The normalized spacial score (nSPS) is 10.6. The molecule has 1 N–H and O–H groups in total. The van der Waals surface area contributed by atoms with Crippen LogP contribution in [0.1, 0.15) is 19.0 Å². The molecule has 0 saturated carbocycles. The van der Waals surface area contributed by atoms with E-state index in [0.717, 1.165) is 24.2 Å². The van der Waals surface area contributed by atoms with E-state index < -0.39 is 0 Å². The third-order valence-electron chi connectivity index (χ3n) is 2.32. The first-order valence-corrected chi connectivity index (χ1v) is 5.62. The van der Waals surface area contributed by atoms with Gasteiger partial charge in [-0.1, -0.05) is 24.9 Å². The molecule has 0 unspecified atom stereocenters. The molecule has 2 rings (SSSR count). The lowest BCUT2D eigenvalue weighted by Gasteiger charge is -2.02. The fraction of sp³-hybridized carbons (Fsp3) is 0.250. The third kappa shape index (κ3) is 2.19. The summed E-state index contributed by atoms with van der Waals surface area (Å²) in [7, 11) is 0. The molecule has 0 aliphatic heterocycles. The number of hydrogen-bond donors (Lipinski definition) is 1. The number of halogens is 1. The first kappa shape index (κ1) is 11.0. The van der Waals surface area contributed by atoms with Gasteiger partial charge in [0.15, 0.2) is 0 Å². The van der Waals surface area contributed by atoms with Crippen LogP contribution in [0, 0.1) is 0 Å². The number of aromatic nitrogens is 2. The Morgan fingerprint density at radius 2 is 2.00 bits per heavy atom. The average Bonchev–Trinajstić information content (AvgIpc) is 2.61. The van der Waals surface area contributed by atoms with Crippen molar-refractivity contribution in [3.8, 4) is 11.4 Å². The summed E-state index contributed by atoms with van der Waals surface area (Å²) in [6, 6.07) is 8.67. The molecule has 0 saturated heterocycles. The Labute approximate surface area is 99.3 Å². The van der Waals surface area contributed by atoms with Gasteiger partial charge in [0.25, 0.3) is 0 Å². The molecule has 16 heavy (non-hydrogen) atoms. The van der Waals surface area contributed by atoms with Gasteiger partial charge in [0.05, 0.1) is 11.4 Å². The van der Waals surface area contributed by atoms with Gasteiger partial charge in [0.2, 0.25) is 0 Å². The van der Waals surface area contributed by atoms with Crippen LogP contribution in [0.4, 0.5) is 0 Å². The topological polar surface area (TPSA) is 38.0 Å². The van der Waals surface area contributed by atoms with Crippen molar-refractivity contribution in [1.29, 1.82) is 0 Å². The van der Waals surface area contributed by atoms with Gasteiger partial charge < -0.3 is 5.11 Å². The number of aryl methyl sites for hydroxylation is 1. The Morgan fingerprint density at radius 3 is 2.62 bits per heavy atom. The summed E-state index contributed by atoms with van der Waals surface area (Å²) in [6.45, 7) is 2.10. The molecule has 0 atom stereocenters. The van der Waals surface area contributed by atoms with E-state index in [1.807, 2.05) is 6.07 Å². The maximum Gasteiger partial charge on any atom is 0.133 e. The summed E-state index contributed by atoms with van der Waals surface area (Å²) in [5.74, 6) is 0.237. The zero-order valence-electron chi connectivity index (χ0n) is 9.02. The Balaban J connectivity index is 2.36. The van der Waals surface area contributed by atoms with Gasteiger partial charge in [-0.2, -0.15) is 5.10 Å². The predicted octanol–water partition coefficient (Wildman–Crippen LogP) is 3.18. The van der Waals surface area contributed by atoms with Crippen LogP contribution in [-0.4, -0.2) is 14.9 Å². The lowest BCUT2D eigenvalue weighted by molar-refractivity contribution is 0.475. The standard InChI is InChI=1S/C12H13ClN2O/c1-2-3-9-8-12(13)15(14-9)10-4-6-11(16)7-5-10/h4-8,16H,2-3H2,1H3. The summed E-state index contributed by atoms with van der Waals surface area (Å²) in [6.07, 6.45) is 1.97. The summed E-state index contributed by atoms with van der Waals surface area (Å²) in [4.78, 5) is 0. The minimum Gasteiger partial charge on any atom is -0.508 e. The molecule has 4 heteroatoms. The van der Waals surface area contributed by atoms with E-state index in [0.29, 0.717) is 5.15 Å². The van der Waals surface area contributed by atoms with E-state index in [2.05, 4.69) is 12.0 Å². The molecule has 0 amide bonds. The van der Waals surface area contributed by atoms with Crippen LogP contribution < -0.4 is 0 Å². The van der Waals surface area contributed by atoms with Crippen LogP contribution in [0.3, 0.4) is 0 Å². The van der Waals surface area contributed by atoms with E-state index in [1.54, 1.807) is 28.9 Å². The lowest BCUT2D eigenvalue weighted by atomic mass is 10.3. The van der Waals surface area contributed by atoms with E-state index >= 15 is 0 Å². The predicted molar refractivity (Wildman–Crippen MR) is 64.2 cm³/mol. The van der Waals surface area contributed by atoms with Crippen molar-refractivity contribution < 1.29 is 5.11 Å². The fourth-order valence-corrected chi connectivity index (χ4v) is 1.82. The Kier molecular flexibility index (Phi) is 3.15. The number of nitrogens with zero attached hydrogens (tertiary/aromatic N) is 2. The molecular weight excluding hydrogens is 224 g/mol. The van der Waals surface area contributed by atoms with Crippen LogP contribution >= 0.6 is 11.6 Å². The smallest absolute Gasteiger partial charge is 0.133 e. The van der Waals surface area contributed by atoms with Crippen molar-refractivity contribution in [2.24, 2.45) is 0 Å². The first-order valence-electron chi connectivity index (χ1n) is 5.24. The molecule has 0 fully saturated rings. The van der Waals surface area contributed by atoms with E-state index in [4.69, 9.17) is 11.6 Å². The molecule has 0 radical (unpaired) electrons. The van der Waals surface area contributed by atoms with Gasteiger partial charge in [0, 0.05) is 0 Å². The quantitative estimate of drug-likeness (QED) is 0.889. The number of rotatable bonds is 3. The number of benzene rings is 1. The van der Waals surface area contributed by atoms with Crippen molar-refractivity contribution in [2.75, 3.05) is 0 Å². The summed E-state index contributed by atoms with van der Waals surface area (Å²) in [5.41, 5.74) is 1.84. The SMILES string of the molecule is CCCc1cc(Cl)n(-c2ccc(O)cc2)n1. The molecule has 1 heterocycles. The fourth-order valence-electron chi connectivity index (χ4n) is 1.56. The largest absolute Gasteiger partial charge is 0.508 e. The molecule has 0 aliphatic rings. The summed E-state index contributed by atoms with van der Waals surface area (Å²) >= 11 is 6.09. The van der Waals surface area contributed by atoms with E-state index in [9.17, 15) is 5.11 Å². The van der Waals surface area contributed by atoms with Crippen LogP contribution in [0.5, 0.6) is 5.75 Å². The Hall–Kier alpha value is -1.48. The number of phenolic OH excluding ortho intramolecular Hbond substituents is 1. The van der Waals surface area contributed by atoms with E-state index in [-0.39, 0.29) is 5.75 Å². The zero-order chi connectivity index (χ0) is 11.5. The molecule has 1 aromatic heterocycles. The molecule has 84 valence electrons. The van der Waals surface area contributed by atoms with Gasteiger partial charge in [-0.05, 0) is 36.8 Å². The number of phenols is 1. The van der Waals surface area contributed by atoms with Gasteiger partial charge in [-0.3, -0.25) is 0 Å². The monoisotopic (exact) mass is 236 g/mol. The Morgan fingerprint density at radius 1 is 1.31 bits per heavy atom. The lowest BCUT2D eigenvalue weighted by Crippen LogP contribution is -1.97. The zero-order valence-corrected chi connectivity index (χ0v) is 9.78. The molecule has 0 aliphatic carbocycles. The second-order valence-electron chi connectivity index (χ2n) is 3.64. The van der Waals surface area contributed by atoms with Gasteiger partial charge in [0.1, 0.15) is 10.9 Å². The Bertz CT molecular complexity index is 476. The van der Waals surface area contributed by atoms with Gasteiger partial charge >= 0.3 is 0 Å². The van der Waals surface area contributed by atoms with Crippen molar-refractivity contribution in [3.05, 3.63) is 41.2 Å². The van der Waals surface area contributed by atoms with Crippen molar-refractivity contribution in [3.63, 3.8) is 0 Å². The maximum atomic E-state index is 9.20. The van der Waals surface area contributed by atoms with Crippen molar-refractivity contribution >= 4 is 11.6 Å². The van der Waals surface area contributed by atoms with Crippen molar-refractivity contribution in [1.82, 2.24) is 9.78 Å². The highest BCUT2D eigenvalue weighted by Gasteiger charge is 2.06. The third-order valence-corrected chi connectivity index (χ3v) is 2.59. The second kappa shape index (κ2) is 4.58. The average molecular weight is 237 g/mol. The first-order chi connectivity index (χ1) is 7.70. The second-order valence-corrected chi connectivity index (χ2v) is 4.02. The van der Waals surface area contributed by atoms with Gasteiger partial charge in [-0.15, -0.1) is 0 Å². The highest BCUT2D eigenvalue weighted by atomic mass is 35.5. The molecule has 0 spiro atoms. The van der Waals surface area contributed by atoms with Crippen LogP contribution in [0.15, 0.2) is 30.3 Å². The summed E-state index contributed by atoms with van der Waals surface area (Å²) < 4.78 is 1.67. The molecular formula is C12H13ClN2O. The minimum atomic E-state index is 0.237. The minimum absolute atomic E-state index is 0.237. The highest BCUT2D eigenvalue weighted by molar-refractivity contribution is 6.29. The van der Waals surface area contributed by atoms with Crippen LogP contribution in [-0.2, 0) is 6.42 Å². The van der Waals surface area contributed by atoms with Gasteiger partial charge in [-0.25, -0.2) is 4.68 Å². The maximum absolute atomic E-state index is 9.20. The molecule has 0 bridgehead atoms. The summed E-state index contributed by atoms with van der Waals surface area (Å²) in [5, 5.41) is 14.2.